The summed E-state index contributed by atoms with van der Waals surface area (Å²) in [6, 6.07) is 0. The third-order valence-corrected chi connectivity index (χ3v) is 1.000. The SMILES string of the molecule is C1#CCCC#CCC1.[CH3-].[Cl-].[Pd+2]. The molecular formula is C9H11ClPd. The molecule has 0 unspecified atom stereocenters. The fraction of sp³-hybridized carbons (Fsp3) is 0.444. The molecule has 0 nitrogen and oxygen atoms in total. The quantitative estimate of drug-likeness (QED) is 0.299. The predicted molar refractivity (Wildman–Crippen MR) is 40.4 cm³/mol. The van der Waals surface area contributed by atoms with Gasteiger partial charge in [-0.3, -0.25) is 0 Å². The van der Waals surface area contributed by atoms with E-state index >= 15 is 0 Å². The minimum absolute atomic E-state index is 0. The van der Waals surface area contributed by atoms with Gasteiger partial charge >= 0.3 is 20.4 Å². The van der Waals surface area contributed by atoms with Crippen molar-refractivity contribution in [2.75, 3.05) is 0 Å². The van der Waals surface area contributed by atoms with Crippen molar-refractivity contribution >= 4 is 0 Å². The molecule has 0 fully saturated rings. The van der Waals surface area contributed by atoms with E-state index in [1.54, 1.807) is 0 Å². The topological polar surface area (TPSA) is 0 Å². The zero-order chi connectivity index (χ0) is 5.66. The monoisotopic (exact) mass is 260 g/mol. The Morgan fingerprint density at radius 3 is 1.00 bits per heavy atom. The Morgan fingerprint density at radius 1 is 0.636 bits per heavy atom. The van der Waals surface area contributed by atoms with E-state index in [0.29, 0.717) is 0 Å². The summed E-state index contributed by atoms with van der Waals surface area (Å²) in [6.07, 6.45) is 3.86. The van der Waals surface area contributed by atoms with E-state index in [1.165, 1.54) is 0 Å². The van der Waals surface area contributed by atoms with Crippen LogP contribution in [0.4, 0.5) is 0 Å². The normalized spacial score (nSPS) is 11.6. The summed E-state index contributed by atoms with van der Waals surface area (Å²) in [5.74, 6) is 12.1. The van der Waals surface area contributed by atoms with E-state index in [4.69, 9.17) is 0 Å². The molecular weight excluding hydrogens is 250 g/mol. The molecule has 1 aliphatic rings. The van der Waals surface area contributed by atoms with Gasteiger partial charge in [-0.2, -0.15) is 0 Å². The van der Waals surface area contributed by atoms with Gasteiger partial charge in [-0.15, -0.1) is 23.7 Å². The molecule has 1 rings (SSSR count). The van der Waals surface area contributed by atoms with Crippen molar-refractivity contribution in [3.05, 3.63) is 7.43 Å². The molecule has 64 valence electrons. The molecule has 0 aromatic carbocycles. The summed E-state index contributed by atoms with van der Waals surface area (Å²) < 4.78 is 0. The van der Waals surface area contributed by atoms with Crippen molar-refractivity contribution in [2.24, 2.45) is 0 Å². The zero-order valence-electron chi connectivity index (χ0n) is 6.52. The minimum Gasteiger partial charge on any atom is -1.00 e. The molecule has 0 saturated heterocycles. The third-order valence-electron chi connectivity index (χ3n) is 1.000. The largest absolute Gasteiger partial charge is 2.00 e. The molecule has 0 radical (unpaired) electrons. The fourth-order valence-corrected chi connectivity index (χ4v) is 0.604. The molecule has 0 atom stereocenters. The van der Waals surface area contributed by atoms with E-state index in [2.05, 4.69) is 23.7 Å². The van der Waals surface area contributed by atoms with Crippen LogP contribution in [0.1, 0.15) is 25.7 Å². The van der Waals surface area contributed by atoms with E-state index in [1.807, 2.05) is 0 Å². The summed E-state index contributed by atoms with van der Waals surface area (Å²) in [4.78, 5) is 0. The first-order chi connectivity index (χ1) is 4.00. The zero-order valence-corrected chi connectivity index (χ0v) is 8.83. The van der Waals surface area contributed by atoms with Gasteiger partial charge in [0.05, 0.1) is 0 Å². The van der Waals surface area contributed by atoms with Gasteiger partial charge in [0.1, 0.15) is 0 Å². The van der Waals surface area contributed by atoms with Gasteiger partial charge in [-0.05, 0) is 0 Å². The summed E-state index contributed by atoms with van der Waals surface area (Å²) in [7, 11) is 0. The van der Waals surface area contributed by atoms with Crippen LogP contribution < -0.4 is 12.4 Å². The van der Waals surface area contributed by atoms with Crippen LogP contribution in [-0.2, 0) is 20.4 Å². The summed E-state index contributed by atoms with van der Waals surface area (Å²) >= 11 is 0. The van der Waals surface area contributed by atoms with Crippen molar-refractivity contribution in [1.82, 2.24) is 0 Å². The van der Waals surface area contributed by atoms with Gasteiger partial charge in [0.25, 0.3) is 0 Å². The molecule has 0 aliphatic heterocycles. The first-order valence-electron chi connectivity index (χ1n) is 2.91. The van der Waals surface area contributed by atoms with Crippen molar-refractivity contribution in [2.45, 2.75) is 25.7 Å². The smallest absolute Gasteiger partial charge is 1.00 e. The molecule has 0 aromatic rings. The Morgan fingerprint density at radius 2 is 0.818 bits per heavy atom. The van der Waals surface area contributed by atoms with Crippen LogP contribution in [0.5, 0.6) is 0 Å². The number of rotatable bonds is 0. The van der Waals surface area contributed by atoms with Gasteiger partial charge in [0.2, 0.25) is 0 Å². The molecule has 0 N–H and O–H groups in total. The number of hydrogen-bond donors (Lipinski definition) is 0. The number of hydrogen-bond acceptors (Lipinski definition) is 0. The second kappa shape index (κ2) is 12.7. The molecule has 0 saturated carbocycles. The van der Waals surface area contributed by atoms with E-state index < -0.39 is 0 Å². The van der Waals surface area contributed by atoms with Crippen LogP contribution in [0.3, 0.4) is 0 Å². The molecule has 0 spiro atoms. The maximum absolute atomic E-state index is 3.03. The molecule has 0 aromatic heterocycles. The third kappa shape index (κ3) is 10.1. The van der Waals surface area contributed by atoms with Crippen molar-refractivity contribution < 1.29 is 32.8 Å². The Balaban J connectivity index is -0.000000213. The van der Waals surface area contributed by atoms with Gasteiger partial charge < -0.3 is 19.8 Å². The Labute approximate surface area is 89.6 Å². The average Bonchev–Trinajstić information content (AvgIpc) is 1.62. The molecule has 0 bridgehead atoms. The molecule has 0 amide bonds. The van der Waals surface area contributed by atoms with E-state index in [0.717, 1.165) is 25.7 Å². The summed E-state index contributed by atoms with van der Waals surface area (Å²) in [5.41, 5.74) is 0. The molecule has 0 heterocycles. The first kappa shape index (κ1) is 17.2. The maximum Gasteiger partial charge on any atom is 2.00 e. The standard InChI is InChI=1S/C8H8.CH3.ClH.Pd/c1-2-4-6-8-7-5-3-1;;;/h1-2,7-8H2;1H3;1H;/q;-1;;+2/p-1. The molecule has 11 heavy (non-hydrogen) atoms. The molecule has 2 heteroatoms. The van der Waals surface area contributed by atoms with E-state index in [9.17, 15) is 0 Å². The van der Waals surface area contributed by atoms with Crippen molar-refractivity contribution in [3.63, 3.8) is 0 Å². The van der Waals surface area contributed by atoms with E-state index in [-0.39, 0.29) is 40.3 Å². The van der Waals surface area contributed by atoms with Gasteiger partial charge in [-0.25, -0.2) is 0 Å². The summed E-state index contributed by atoms with van der Waals surface area (Å²) in [5, 5.41) is 0. The average molecular weight is 261 g/mol. The van der Waals surface area contributed by atoms with Crippen molar-refractivity contribution in [3.8, 4) is 23.7 Å². The predicted octanol–water partition coefficient (Wildman–Crippen LogP) is -0.981. The number of halogens is 1. The first-order valence-corrected chi connectivity index (χ1v) is 2.91. The fourth-order valence-electron chi connectivity index (χ4n) is 0.604. The van der Waals surface area contributed by atoms with Gasteiger partial charge in [-0.1, -0.05) is 0 Å². The van der Waals surface area contributed by atoms with Crippen LogP contribution in [-0.4, -0.2) is 0 Å². The van der Waals surface area contributed by atoms with Crippen LogP contribution >= 0.6 is 0 Å². The van der Waals surface area contributed by atoms with Gasteiger partial charge in [0.15, 0.2) is 0 Å². The van der Waals surface area contributed by atoms with Gasteiger partial charge in [0, 0.05) is 25.7 Å². The maximum atomic E-state index is 3.03. The van der Waals surface area contributed by atoms with Crippen LogP contribution in [0.25, 0.3) is 0 Å². The van der Waals surface area contributed by atoms with Crippen LogP contribution in [0.15, 0.2) is 0 Å². The van der Waals surface area contributed by atoms with Crippen molar-refractivity contribution in [1.29, 1.82) is 0 Å². The second-order valence-corrected chi connectivity index (χ2v) is 1.71. The summed E-state index contributed by atoms with van der Waals surface area (Å²) in [6.45, 7) is 0. The Bertz CT molecular complexity index is 139. The Hall–Kier alpha value is 0.0723. The van der Waals surface area contributed by atoms with Crippen LogP contribution in [0, 0.1) is 31.1 Å². The second-order valence-electron chi connectivity index (χ2n) is 1.71. The van der Waals surface area contributed by atoms with Crippen LogP contribution in [0.2, 0.25) is 0 Å². The Kier molecular flexibility index (Phi) is 19.9. The minimum atomic E-state index is 0. The molecule has 1 aliphatic carbocycles.